The molecule has 0 aliphatic carbocycles. The van der Waals surface area contributed by atoms with Gasteiger partial charge in [0.15, 0.2) is 0 Å². The van der Waals surface area contributed by atoms with Crippen LogP contribution in [0, 0.1) is 5.92 Å². The van der Waals surface area contributed by atoms with Crippen LogP contribution in [0.1, 0.15) is 0 Å². The Kier molecular flexibility index (Phi) is 5.05. The van der Waals surface area contributed by atoms with Crippen LogP contribution in [-0.4, -0.2) is 23.5 Å². The van der Waals surface area contributed by atoms with Gasteiger partial charge in [-0.2, -0.15) is 0 Å². The van der Waals surface area contributed by atoms with E-state index in [2.05, 4.69) is 0 Å². The summed E-state index contributed by atoms with van der Waals surface area (Å²) in [5, 5.41) is 8.36. The van der Waals surface area contributed by atoms with Crippen molar-refractivity contribution in [2.24, 2.45) is 5.92 Å². The highest BCUT2D eigenvalue weighted by Gasteiger charge is 2.00. The van der Waals surface area contributed by atoms with E-state index in [-0.39, 0.29) is 12.5 Å². The van der Waals surface area contributed by atoms with E-state index in [0.29, 0.717) is 11.8 Å². The summed E-state index contributed by atoms with van der Waals surface area (Å²) >= 11 is 10.6. The number of halogens is 2. The first-order valence-electron chi connectivity index (χ1n) is 2.08. The summed E-state index contributed by atoms with van der Waals surface area (Å²) in [5.74, 6) is 0.961. The van der Waals surface area contributed by atoms with E-state index < -0.39 is 0 Å². The largest absolute Gasteiger partial charge is 0.396 e. The van der Waals surface area contributed by atoms with Crippen LogP contribution < -0.4 is 0 Å². The average molecular weight is 143 g/mol. The highest BCUT2D eigenvalue weighted by atomic mass is 35.5. The smallest absolute Gasteiger partial charge is 0.0482 e. The van der Waals surface area contributed by atoms with Gasteiger partial charge >= 0.3 is 0 Å². The molecule has 0 aromatic heterocycles. The van der Waals surface area contributed by atoms with Crippen molar-refractivity contribution in [1.82, 2.24) is 0 Å². The Labute approximate surface area is 53.2 Å². The van der Waals surface area contributed by atoms with Gasteiger partial charge in [-0.3, -0.25) is 0 Å². The Morgan fingerprint density at radius 2 is 1.71 bits per heavy atom. The van der Waals surface area contributed by atoms with Gasteiger partial charge in [-0.15, -0.1) is 23.2 Å². The first-order chi connectivity index (χ1) is 3.35. The van der Waals surface area contributed by atoms with Crippen LogP contribution in [0.15, 0.2) is 0 Å². The van der Waals surface area contributed by atoms with Gasteiger partial charge in [0.2, 0.25) is 0 Å². The molecule has 0 saturated heterocycles. The lowest BCUT2D eigenvalue weighted by atomic mass is 10.2. The summed E-state index contributed by atoms with van der Waals surface area (Å²) in [4.78, 5) is 0. The highest BCUT2D eigenvalue weighted by Crippen LogP contribution is 1.99. The van der Waals surface area contributed by atoms with Crippen molar-refractivity contribution in [1.29, 1.82) is 0 Å². The SMILES string of the molecule is OCC(CCl)CCl. The maximum Gasteiger partial charge on any atom is 0.0482 e. The second-order valence-electron chi connectivity index (χ2n) is 1.36. The fraction of sp³-hybridized carbons (Fsp3) is 1.00. The van der Waals surface area contributed by atoms with Gasteiger partial charge in [-0.05, 0) is 0 Å². The molecule has 0 atom stereocenters. The van der Waals surface area contributed by atoms with E-state index in [1.807, 2.05) is 0 Å². The molecule has 0 radical (unpaired) electrons. The lowest BCUT2D eigenvalue weighted by Crippen LogP contribution is -2.08. The van der Waals surface area contributed by atoms with Gasteiger partial charge in [-0.25, -0.2) is 0 Å². The highest BCUT2D eigenvalue weighted by molar-refractivity contribution is 6.20. The Hall–Kier alpha value is 0.540. The summed E-state index contributed by atoms with van der Waals surface area (Å²) in [6.45, 7) is 0.0903. The van der Waals surface area contributed by atoms with E-state index in [0.717, 1.165) is 0 Å². The van der Waals surface area contributed by atoms with Crippen molar-refractivity contribution in [3.05, 3.63) is 0 Å². The summed E-state index contributed by atoms with van der Waals surface area (Å²) in [6.07, 6.45) is 0. The lowest BCUT2D eigenvalue weighted by molar-refractivity contribution is 0.251. The van der Waals surface area contributed by atoms with Crippen LogP contribution >= 0.6 is 23.2 Å². The van der Waals surface area contributed by atoms with Crippen LogP contribution in [0.5, 0.6) is 0 Å². The minimum absolute atomic E-state index is 0.0725. The van der Waals surface area contributed by atoms with Crippen LogP contribution in [-0.2, 0) is 0 Å². The first kappa shape index (κ1) is 7.54. The molecule has 0 rings (SSSR count). The fourth-order valence-corrected chi connectivity index (χ4v) is 0.664. The minimum atomic E-state index is 0.0725. The molecule has 0 heterocycles. The zero-order valence-electron chi connectivity index (χ0n) is 3.90. The molecule has 0 unspecified atom stereocenters. The van der Waals surface area contributed by atoms with Crippen molar-refractivity contribution in [2.75, 3.05) is 18.4 Å². The number of hydrogen-bond donors (Lipinski definition) is 1. The standard InChI is InChI=1S/C4H8Cl2O/c5-1-4(2-6)3-7/h4,7H,1-3H2. The molecule has 0 bridgehead atoms. The topological polar surface area (TPSA) is 20.2 Å². The molecule has 0 aromatic carbocycles. The predicted molar refractivity (Wildman–Crippen MR) is 32.0 cm³/mol. The van der Waals surface area contributed by atoms with Crippen LogP contribution in [0.25, 0.3) is 0 Å². The second-order valence-corrected chi connectivity index (χ2v) is 1.97. The quantitative estimate of drug-likeness (QED) is 0.586. The van der Waals surface area contributed by atoms with Crippen LogP contribution in [0.2, 0.25) is 0 Å². The summed E-state index contributed by atoms with van der Waals surface area (Å²) < 4.78 is 0. The predicted octanol–water partition coefficient (Wildman–Crippen LogP) is 1.07. The Morgan fingerprint density at radius 1 is 1.29 bits per heavy atom. The van der Waals surface area contributed by atoms with Crippen LogP contribution in [0.3, 0.4) is 0 Å². The number of aliphatic hydroxyl groups excluding tert-OH is 1. The molecule has 1 N–H and O–H groups in total. The monoisotopic (exact) mass is 142 g/mol. The molecule has 1 nitrogen and oxygen atoms in total. The fourth-order valence-electron chi connectivity index (χ4n) is 0.139. The van der Waals surface area contributed by atoms with Gasteiger partial charge in [0.25, 0.3) is 0 Å². The van der Waals surface area contributed by atoms with Gasteiger partial charge in [-0.1, -0.05) is 0 Å². The maximum absolute atomic E-state index is 8.36. The van der Waals surface area contributed by atoms with Crippen molar-refractivity contribution < 1.29 is 5.11 Å². The molecule has 7 heavy (non-hydrogen) atoms. The summed E-state index contributed by atoms with van der Waals surface area (Å²) in [6, 6.07) is 0. The van der Waals surface area contributed by atoms with E-state index in [1.165, 1.54) is 0 Å². The molecule has 3 heteroatoms. The Bertz CT molecular complexity index is 31.2. The zero-order chi connectivity index (χ0) is 5.70. The minimum Gasteiger partial charge on any atom is -0.396 e. The molecule has 0 aliphatic heterocycles. The third-order valence-electron chi connectivity index (χ3n) is 0.695. The molecule has 44 valence electrons. The van der Waals surface area contributed by atoms with Crippen molar-refractivity contribution in [2.45, 2.75) is 0 Å². The normalized spacial score (nSPS) is 10.3. The summed E-state index contributed by atoms with van der Waals surface area (Å²) in [5.41, 5.74) is 0. The second kappa shape index (κ2) is 4.69. The molecule has 0 fully saturated rings. The van der Waals surface area contributed by atoms with Gasteiger partial charge in [0.05, 0.1) is 0 Å². The van der Waals surface area contributed by atoms with Crippen molar-refractivity contribution in [3.8, 4) is 0 Å². The van der Waals surface area contributed by atoms with Crippen molar-refractivity contribution in [3.63, 3.8) is 0 Å². The van der Waals surface area contributed by atoms with E-state index >= 15 is 0 Å². The van der Waals surface area contributed by atoms with E-state index in [4.69, 9.17) is 28.3 Å². The summed E-state index contributed by atoms with van der Waals surface area (Å²) in [7, 11) is 0. The third kappa shape index (κ3) is 3.15. The number of aliphatic hydroxyl groups is 1. The third-order valence-corrected chi connectivity index (χ3v) is 1.57. The van der Waals surface area contributed by atoms with Gasteiger partial charge < -0.3 is 5.11 Å². The van der Waals surface area contributed by atoms with Crippen molar-refractivity contribution >= 4 is 23.2 Å². The molecule has 0 saturated carbocycles. The maximum atomic E-state index is 8.36. The van der Waals surface area contributed by atoms with E-state index in [1.54, 1.807) is 0 Å². The van der Waals surface area contributed by atoms with Gasteiger partial charge in [0.1, 0.15) is 0 Å². The first-order valence-corrected chi connectivity index (χ1v) is 3.14. The number of rotatable bonds is 3. The van der Waals surface area contributed by atoms with Gasteiger partial charge in [0, 0.05) is 24.3 Å². The molecular weight excluding hydrogens is 135 g/mol. The number of hydrogen-bond acceptors (Lipinski definition) is 1. The Morgan fingerprint density at radius 3 is 1.71 bits per heavy atom. The van der Waals surface area contributed by atoms with Crippen LogP contribution in [0.4, 0.5) is 0 Å². The molecule has 0 amide bonds. The average Bonchev–Trinajstić information content (AvgIpc) is 1.72. The molecular formula is C4H8Cl2O. The zero-order valence-corrected chi connectivity index (χ0v) is 5.41. The molecule has 0 aromatic rings. The molecule has 0 spiro atoms. The van der Waals surface area contributed by atoms with E-state index in [9.17, 15) is 0 Å². The number of alkyl halides is 2. The molecule has 0 aliphatic rings. The lowest BCUT2D eigenvalue weighted by Gasteiger charge is -2.01. The Balaban J connectivity index is 2.99.